The van der Waals surface area contributed by atoms with Crippen molar-refractivity contribution in [1.29, 1.82) is 0 Å². The second-order valence-electron chi connectivity index (χ2n) is 5.62. The molecule has 22 heavy (non-hydrogen) atoms. The molecule has 1 unspecified atom stereocenters. The molecule has 0 radical (unpaired) electrons. The van der Waals surface area contributed by atoms with Crippen LogP contribution in [0.2, 0.25) is 0 Å². The zero-order valence-electron chi connectivity index (χ0n) is 13.2. The smallest absolute Gasteiger partial charge is 0.225 e. The summed E-state index contributed by atoms with van der Waals surface area (Å²) in [6.45, 7) is 7.22. The Morgan fingerprint density at radius 1 is 1.36 bits per heavy atom. The predicted molar refractivity (Wildman–Crippen MR) is 86.1 cm³/mol. The molecule has 2 amide bonds. The maximum atomic E-state index is 12.1. The van der Waals surface area contributed by atoms with Crippen molar-refractivity contribution in [3.8, 4) is 0 Å². The average Bonchev–Trinajstić information content (AvgIpc) is 2.87. The first-order valence-corrected chi connectivity index (χ1v) is 7.68. The first kappa shape index (κ1) is 19.2. The molecule has 2 aliphatic heterocycles. The number of nitrogens with one attached hydrogen (secondary N) is 2. The number of methoxy groups -OCH3 is 1. The Hall–Kier alpha value is -0.890. The molecule has 2 saturated heterocycles. The van der Waals surface area contributed by atoms with Crippen molar-refractivity contribution in [2.24, 2.45) is 5.92 Å². The molecule has 0 aliphatic carbocycles. The van der Waals surface area contributed by atoms with E-state index in [-0.39, 0.29) is 30.1 Å². The summed E-state index contributed by atoms with van der Waals surface area (Å²) in [5, 5.41) is 6.26. The largest absolute Gasteiger partial charge is 0.383 e. The van der Waals surface area contributed by atoms with E-state index >= 15 is 0 Å². The predicted octanol–water partition coefficient (Wildman–Crippen LogP) is -1.08. The number of halogens is 1. The molecule has 0 aromatic rings. The summed E-state index contributed by atoms with van der Waals surface area (Å²) in [4.78, 5) is 27.9. The van der Waals surface area contributed by atoms with Gasteiger partial charge in [0.25, 0.3) is 0 Å². The van der Waals surface area contributed by atoms with Crippen LogP contribution in [0.25, 0.3) is 0 Å². The third-order valence-corrected chi connectivity index (χ3v) is 4.09. The lowest BCUT2D eigenvalue weighted by atomic mass is 10.1. The summed E-state index contributed by atoms with van der Waals surface area (Å²) in [5.41, 5.74) is 0. The number of amides is 2. The molecule has 0 aromatic carbocycles. The molecule has 0 spiro atoms. The van der Waals surface area contributed by atoms with Gasteiger partial charge in [-0.25, -0.2) is 0 Å². The fraction of sp³-hybridized carbons (Fsp3) is 0.857. The standard InChI is InChI=1S/C14H26N4O3.ClH/c1-21-9-8-18-11-12(10-13(18)19)14(20)16-4-7-17-5-2-15-3-6-17;/h12,15H,2-11H2,1H3,(H,16,20);1H. The van der Waals surface area contributed by atoms with Crippen LogP contribution >= 0.6 is 12.4 Å². The van der Waals surface area contributed by atoms with Crippen molar-refractivity contribution in [2.45, 2.75) is 6.42 Å². The van der Waals surface area contributed by atoms with E-state index in [2.05, 4.69) is 15.5 Å². The van der Waals surface area contributed by atoms with Gasteiger partial charge in [-0.1, -0.05) is 0 Å². The van der Waals surface area contributed by atoms with Crippen LogP contribution in [-0.4, -0.2) is 87.7 Å². The lowest BCUT2D eigenvalue weighted by Crippen LogP contribution is -2.46. The number of rotatable bonds is 7. The molecule has 2 fully saturated rings. The first-order valence-electron chi connectivity index (χ1n) is 7.68. The zero-order chi connectivity index (χ0) is 15.1. The maximum absolute atomic E-state index is 12.1. The van der Waals surface area contributed by atoms with Crippen molar-refractivity contribution in [3.05, 3.63) is 0 Å². The molecule has 7 nitrogen and oxygen atoms in total. The minimum Gasteiger partial charge on any atom is -0.383 e. The van der Waals surface area contributed by atoms with Crippen LogP contribution in [0.1, 0.15) is 6.42 Å². The highest BCUT2D eigenvalue weighted by Gasteiger charge is 2.33. The van der Waals surface area contributed by atoms with Gasteiger partial charge >= 0.3 is 0 Å². The minimum atomic E-state index is -0.211. The van der Waals surface area contributed by atoms with Crippen LogP contribution in [0.15, 0.2) is 0 Å². The molecule has 128 valence electrons. The van der Waals surface area contributed by atoms with E-state index in [4.69, 9.17) is 4.74 Å². The third-order valence-electron chi connectivity index (χ3n) is 4.09. The highest BCUT2D eigenvalue weighted by atomic mass is 35.5. The highest BCUT2D eigenvalue weighted by molar-refractivity contribution is 5.89. The Kier molecular flexibility index (Phi) is 8.70. The average molecular weight is 335 g/mol. The Morgan fingerprint density at radius 3 is 2.77 bits per heavy atom. The molecule has 0 bridgehead atoms. The molecule has 2 N–H and O–H groups in total. The lowest BCUT2D eigenvalue weighted by Gasteiger charge is -2.27. The summed E-state index contributed by atoms with van der Waals surface area (Å²) in [6.07, 6.45) is 0.323. The van der Waals surface area contributed by atoms with E-state index in [0.29, 0.717) is 32.7 Å². The Balaban J connectivity index is 0.00000242. The van der Waals surface area contributed by atoms with Crippen molar-refractivity contribution in [3.63, 3.8) is 0 Å². The molecule has 2 heterocycles. The second-order valence-corrected chi connectivity index (χ2v) is 5.62. The molecular formula is C14H27ClN4O3. The third kappa shape index (κ3) is 5.72. The minimum absolute atomic E-state index is 0. The topological polar surface area (TPSA) is 73.9 Å². The number of hydrogen-bond acceptors (Lipinski definition) is 5. The second kappa shape index (κ2) is 9.99. The van der Waals surface area contributed by atoms with Gasteiger partial charge in [0.15, 0.2) is 0 Å². The van der Waals surface area contributed by atoms with Gasteiger partial charge in [-0.05, 0) is 0 Å². The Morgan fingerprint density at radius 2 is 2.09 bits per heavy atom. The van der Waals surface area contributed by atoms with E-state index in [1.807, 2.05) is 0 Å². The molecular weight excluding hydrogens is 308 g/mol. The number of nitrogens with zero attached hydrogens (tertiary/aromatic N) is 2. The van der Waals surface area contributed by atoms with Gasteiger partial charge in [-0.3, -0.25) is 14.5 Å². The normalized spacial score (nSPS) is 22.5. The fourth-order valence-corrected chi connectivity index (χ4v) is 2.78. The van der Waals surface area contributed by atoms with Crippen molar-refractivity contribution in [1.82, 2.24) is 20.4 Å². The van der Waals surface area contributed by atoms with E-state index in [0.717, 1.165) is 32.7 Å². The molecule has 2 rings (SSSR count). The van der Waals surface area contributed by atoms with Crippen molar-refractivity contribution in [2.75, 3.05) is 66.1 Å². The van der Waals surface area contributed by atoms with Gasteiger partial charge in [-0.2, -0.15) is 0 Å². The number of likely N-dealkylation sites (tertiary alicyclic amines) is 1. The summed E-state index contributed by atoms with van der Waals surface area (Å²) in [5.74, 6) is -0.162. The summed E-state index contributed by atoms with van der Waals surface area (Å²) < 4.78 is 4.97. The number of carbonyl (C=O) groups excluding carboxylic acids is 2. The van der Waals surface area contributed by atoms with Gasteiger partial charge in [0.05, 0.1) is 12.5 Å². The number of piperazine rings is 1. The van der Waals surface area contributed by atoms with Crippen molar-refractivity contribution >= 4 is 24.2 Å². The fourth-order valence-electron chi connectivity index (χ4n) is 2.78. The van der Waals surface area contributed by atoms with E-state index in [9.17, 15) is 9.59 Å². The van der Waals surface area contributed by atoms with Crippen molar-refractivity contribution < 1.29 is 14.3 Å². The van der Waals surface area contributed by atoms with Crippen LogP contribution in [0, 0.1) is 5.92 Å². The van der Waals surface area contributed by atoms with Crippen LogP contribution in [0.5, 0.6) is 0 Å². The van der Waals surface area contributed by atoms with Crippen LogP contribution in [0.3, 0.4) is 0 Å². The molecule has 0 aromatic heterocycles. The zero-order valence-corrected chi connectivity index (χ0v) is 14.0. The Bertz CT molecular complexity index is 364. The monoisotopic (exact) mass is 334 g/mol. The molecule has 8 heteroatoms. The van der Waals surface area contributed by atoms with E-state index < -0.39 is 0 Å². The van der Waals surface area contributed by atoms with Gasteiger partial charge in [0.2, 0.25) is 11.8 Å². The summed E-state index contributed by atoms with van der Waals surface area (Å²) in [6, 6.07) is 0. The summed E-state index contributed by atoms with van der Waals surface area (Å²) in [7, 11) is 1.61. The van der Waals surface area contributed by atoms with E-state index in [1.165, 1.54) is 0 Å². The van der Waals surface area contributed by atoms with E-state index in [1.54, 1.807) is 12.0 Å². The maximum Gasteiger partial charge on any atom is 0.225 e. The molecule has 2 aliphatic rings. The molecule has 0 saturated carbocycles. The van der Waals surface area contributed by atoms with Gasteiger partial charge < -0.3 is 20.3 Å². The van der Waals surface area contributed by atoms with Gasteiger partial charge in [0.1, 0.15) is 0 Å². The number of ether oxygens (including phenoxy) is 1. The first-order chi connectivity index (χ1) is 10.2. The number of hydrogen-bond donors (Lipinski definition) is 2. The van der Waals surface area contributed by atoms with Gasteiger partial charge in [0, 0.05) is 65.9 Å². The van der Waals surface area contributed by atoms with Crippen LogP contribution in [0.4, 0.5) is 0 Å². The number of carbonyl (C=O) groups is 2. The quantitative estimate of drug-likeness (QED) is 0.620. The summed E-state index contributed by atoms with van der Waals surface area (Å²) >= 11 is 0. The highest BCUT2D eigenvalue weighted by Crippen LogP contribution is 2.17. The van der Waals surface area contributed by atoms with Gasteiger partial charge in [-0.15, -0.1) is 12.4 Å². The molecule has 1 atom stereocenters. The SMILES string of the molecule is COCCN1CC(C(=O)NCCN2CCNCC2)CC1=O.Cl. The Labute approximate surface area is 138 Å². The lowest BCUT2D eigenvalue weighted by molar-refractivity contribution is -0.129. The van der Waals surface area contributed by atoms with Crippen LogP contribution < -0.4 is 10.6 Å². The van der Waals surface area contributed by atoms with Crippen LogP contribution in [-0.2, 0) is 14.3 Å².